The Morgan fingerprint density at radius 2 is 1.18 bits per heavy atom. The molecule has 0 saturated carbocycles. The Balaban J connectivity index is 3.28. The number of hydrogen-bond acceptors (Lipinski definition) is 4. The number of ether oxygens (including phenoxy) is 1. The first kappa shape index (κ1) is 27.6. The quantitative estimate of drug-likeness (QED) is 0.139. The third-order valence-electron chi connectivity index (χ3n) is 4.87. The van der Waals surface area contributed by atoms with Crippen LogP contribution in [0.15, 0.2) is 0 Å². The minimum atomic E-state index is -4.28. The SMILES string of the molecule is CCCCCCCCCCCCCCCCCC(=O)OCC(O)CP(=O)(O)O. The Morgan fingerprint density at radius 1 is 0.786 bits per heavy atom. The van der Waals surface area contributed by atoms with E-state index in [0.717, 1.165) is 19.3 Å². The van der Waals surface area contributed by atoms with Crippen LogP contribution in [0.3, 0.4) is 0 Å². The van der Waals surface area contributed by atoms with Crippen molar-refractivity contribution < 1.29 is 29.0 Å². The van der Waals surface area contributed by atoms with Crippen LogP contribution in [0.4, 0.5) is 0 Å². The topological polar surface area (TPSA) is 104 Å². The van der Waals surface area contributed by atoms with Gasteiger partial charge in [0.25, 0.3) is 0 Å². The maximum Gasteiger partial charge on any atom is 0.328 e. The van der Waals surface area contributed by atoms with Crippen molar-refractivity contribution in [2.45, 2.75) is 116 Å². The smallest absolute Gasteiger partial charge is 0.328 e. The van der Waals surface area contributed by atoms with E-state index in [1.807, 2.05) is 0 Å². The van der Waals surface area contributed by atoms with Crippen LogP contribution >= 0.6 is 7.60 Å². The molecule has 0 aliphatic heterocycles. The Morgan fingerprint density at radius 3 is 1.57 bits per heavy atom. The maximum atomic E-state index is 11.5. The van der Waals surface area contributed by atoms with Crippen molar-refractivity contribution in [3.8, 4) is 0 Å². The van der Waals surface area contributed by atoms with Gasteiger partial charge in [0.15, 0.2) is 0 Å². The minimum Gasteiger partial charge on any atom is -0.463 e. The molecule has 6 nitrogen and oxygen atoms in total. The maximum absolute atomic E-state index is 11.5. The highest BCUT2D eigenvalue weighted by molar-refractivity contribution is 7.51. The van der Waals surface area contributed by atoms with Gasteiger partial charge in [0.1, 0.15) is 6.61 Å². The van der Waals surface area contributed by atoms with Crippen molar-refractivity contribution in [1.82, 2.24) is 0 Å². The van der Waals surface area contributed by atoms with Crippen LogP contribution in [0.25, 0.3) is 0 Å². The van der Waals surface area contributed by atoms with E-state index in [4.69, 9.17) is 14.5 Å². The van der Waals surface area contributed by atoms with Gasteiger partial charge >= 0.3 is 13.6 Å². The fraction of sp³-hybridized carbons (Fsp3) is 0.952. The van der Waals surface area contributed by atoms with Gasteiger partial charge in [0.05, 0.1) is 12.3 Å². The summed E-state index contributed by atoms with van der Waals surface area (Å²) in [5, 5.41) is 9.37. The van der Waals surface area contributed by atoms with Crippen LogP contribution in [-0.2, 0) is 14.1 Å². The molecule has 3 N–H and O–H groups in total. The fourth-order valence-electron chi connectivity index (χ4n) is 3.23. The second-order valence-corrected chi connectivity index (χ2v) is 9.58. The van der Waals surface area contributed by atoms with E-state index >= 15 is 0 Å². The van der Waals surface area contributed by atoms with Gasteiger partial charge in [-0.15, -0.1) is 0 Å². The second-order valence-electron chi connectivity index (χ2n) is 7.88. The Hall–Kier alpha value is -0.420. The number of aliphatic hydroxyl groups excluding tert-OH is 1. The van der Waals surface area contributed by atoms with E-state index in [0.29, 0.717) is 6.42 Å². The molecule has 1 atom stereocenters. The minimum absolute atomic E-state index is 0.293. The summed E-state index contributed by atoms with van der Waals surface area (Å²) in [5.74, 6) is -0.417. The molecule has 28 heavy (non-hydrogen) atoms. The third-order valence-corrected chi connectivity index (χ3v) is 5.77. The van der Waals surface area contributed by atoms with Gasteiger partial charge in [-0.05, 0) is 6.42 Å². The van der Waals surface area contributed by atoms with E-state index in [9.17, 15) is 14.5 Å². The summed E-state index contributed by atoms with van der Waals surface area (Å²) in [5.41, 5.74) is 0. The largest absolute Gasteiger partial charge is 0.463 e. The molecular weight excluding hydrogens is 379 g/mol. The zero-order chi connectivity index (χ0) is 21.1. The molecule has 0 saturated heterocycles. The summed E-state index contributed by atoms with van der Waals surface area (Å²) in [6.07, 6.45) is 17.2. The van der Waals surface area contributed by atoms with Crippen molar-refractivity contribution in [2.24, 2.45) is 0 Å². The van der Waals surface area contributed by atoms with Gasteiger partial charge in [-0.3, -0.25) is 9.36 Å². The Labute approximate surface area is 171 Å². The summed E-state index contributed by atoms with van der Waals surface area (Å²) in [4.78, 5) is 29.0. The Kier molecular flexibility index (Phi) is 18.3. The van der Waals surface area contributed by atoms with Crippen molar-refractivity contribution in [2.75, 3.05) is 12.8 Å². The third kappa shape index (κ3) is 21.9. The van der Waals surface area contributed by atoms with Crippen molar-refractivity contribution >= 4 is 13.6 Å². The van der Waals surface area contributed by atoms with Gasteiger partial charge in [0.2, 0.25) is 0 Å². The number of aliphatic hydroxyl groups is 1. The van der Waals surface area contributed by atoms with Crippen LogP contribution in [0, 0.1) is 0 Å². The van der Waals surface area contributed by atoms with E-state index in [1.54, 1.807) is 0 Å². The van der Waals surface area contributed by atoms with Gasteiger partial charge in [-0.25, -0.2) is 0 Å². The molecule has 0 fully saturated rings. The number of hydrogen-bond donors (Lipinski definition) is 3. The monoisotopic (exact) mass is 422 g/mol. The molecule has 0 aliphatic rings. The highest BCUT2D eigenvalue weighted by atomic mass is 31.2. The fourth-order valence-corrected chi connectivity index (χ4v) is 3.88. The van der Waals surface area contributed by atoms with E-state index in [1.165, 1.54) is 77.0 Å². The lowest BCUT2D eigenvalue weighted by Gasteiger charge is -2.12. The molecule has 0 amide bonds. The van der Waals surface area contributed by atoms with E-state index in [2.05, 4.69) is 6.92 Å². The molecule has 0 spiro atoms. The molecule has 0 aromatic carbocycles. The lowest BCUT2D eigenvalue weighted by atomic mass is 10.0. The number of rotatable bonds is 20. The molecule has 0 radical (unpaired) electrons. The second kappa shape index (κ2) is 18.6. The molecule has 1 unspecified atom stereocenters. The van der Waals surface area contributed by atoms with Crippen LogP contribution in [0.2, 0.25) is 0 Å². The zero-order valence-corrected chi connectivity index (χ0v) is 18.7. The summed E-state index contributed by atoms with van der Waals surface area (Å²) < 4.78 is 15.5. The van der Waals surface area contributed by atoms with Crippen LogP contribution in [0.5, 0.6) is 0 Å². The first-order valence-corrected chi connectivity index (χ1v) is 13.0. The average molecular weight is 423 g/mol. The molecule has 0 heterocycles. The molecule has 0 aliphatic carbocycles. The average Bonchev–Trinajstić information content (AvgIpc) is 2.62. The normalized spacial score (nSPS) is 12.9. The van der Waals surface area contributed by atoms with Crippen molar-refractivity contribution in [3.63, 3.8) is 0 Å². The number of esters is 1. The number of unbranched alkanes of at least 4 members (excludes halogenated alkanes) is 14. The van der Waals surface area contributed by atoms with Crippen molar-refractivity contribution in [1.29, 1.82) is 0 Å². The van der Waals surface area contributed by atoms with Crippen LogP contribution < -0.4 is 0 Å². The van der Waals surface area contributed by atoms with Gasteiger partial charge in [0, 0.05) is 6.42 Å². The number of carbonyl (C=O) groups excluding carboxylic acids is 1. The lowest BCUT2D eigenvalue weighted by molar-refractivity contribution is -0.146. The summed E-state index contributed by atoms with van der Waals surface area (Å²) in [6.45, 7) is 1.89. The molecular formula is C21H43O6P. The van der Waals surface area contributed by atoms with Crippen LogP contribution in [0.1, 0.15) is 110 Å². The lowest BCUT2D eigenvalue weighted by Crippen LogP contribution is -2.22. The predicted octanol–water partition coefficient (Wildman–Crippen LogP) is 5.33. The molecule has 0 rings (SSSR count). The zero-order valence-electron chi connectivity index (χ0n) is 17.8. The summed E-state index contributed by atoms with van der Waals surface area (Å²) in [7, 11) is -4.28. The molecule has 0 aromatic rings. The highest BCUT2D eigenvalue weighted by Crippen LogP contribution is 2.34. The summed E-state index contributed by atoms with van der Waals surface area (Å²) in [6, 6.07) is 0. The molecule has 168 valence electrons. The van der Waals surface area contributed by atoms with Crippen LogP contribution in [-0.4, -0.2) is 39.7 Å². The standard InChI is InChI=1S/C21H43O6P/c1-2-3-4-5-6-7-8-9-10-11-12-13-14-15-16-17-21(23)27-18-20(22)19-28(24,25)26/h20,22H,2-19H2,1H3,(H2,24,25,26). The van der Waals surface area contributed by atoms with Gasteiger partial charge in [-0.2, -0.15) is 0 Å². The van der Waals surface area contributed by atoms with E-state index in [-0.39, 0.29) is 6.61 Å². The molecule has 0 bridgehead atoms. The Bertz CT molecular complexity index is 410. The molecule has 7 heteroatoms. The predicted molar refractivity (Wildman–Crippen MR) is 113 cm³/mol. The number of carbonyl (C=O) groups is 1. The van der Waals surface area contributed by atoms with Gasteiger partial charge < -0.3 is 19.6 Å². The van der Waals surface area contributed by atoms with Gasteiger partial charge in [-0.1, -0.05) is 96.8 Å². The highest BCUT2D eigenvalue weighted by Gasteiger charge is 2.20. The summed E-state index contributed by atoms with van der Waals surface area (Å²) >= 11 is 0. The van der Waals surface area contributed by atoms with Crippen molar-refractivity contribution in [3.05, 3.63) is 0 Å². The molecule has 0 aromatic heterocycles. The first-order chi connectivity index (χ1) is 13.3. The van der Waals surface area contributed by atoms with E-state index < -0.39 is 25.8 Å². The first-order valence-electron chi connectivity index (χ1n) is 11.2.